The van der Waals surface area contributed by atoms with Crippen molar-refractivity contribution in [3.63, 3.8) is 0 Å². The molecule has 0 aliphatic rings. The molecule has 3 aromatic rings. The quantitative estimate of drug-likeness (QED) is 0.584. The molecule has 5 nitrogen and oxygen atoms in total. The summed E-state index contributed by atoms with van der Waals surface area (Å²) >= 11 is 1.38. The molecule has 0 N–H and O–H groups in total. The van der Waals surface area contributed by atoms with E-state index in [1.165, 1.54) is 29.0 Å². The van der Waals surface area contributed by atoms with E-state index in [1.54, 1.807) is 18.2 Å². The van der Waals surface area contributed by atoms with Crippen LogP contribution in [0.25, 0.3) is 10.2 Å². The van der Waals surface area contributed by atoms with Gasteiger partial charge in [-0.3, -0.25) is 4.79 Å². The smallest absolute Gasteiger partial charge is 0.249 e. The van der Waals surface area contributed by atoms with Crippen molar-refractivity contribution in [3.05, 3.63) is 58.9 Å². The van der Waals surface area contributed by atoms with E-state index >= 15 is 0 Å². The Balaban J connectivity index is 1.88. The molecule has 144 valence electrons. The third-order valence-electron chi connectivity index (χ3n) is 4.31. The van der Waals surface area contributed by atoms with Crippen LogP contribution in [-0.2, 0) is 27.6 Å². The van der Waals surface area contributed by atoms with E-state index in [0.29, 0.717) is 11.3 Å². The molecule has 0 unspecified atom stereocenters. The van der Waals surface area contributed by atoms with Crippen molar-refractivity contribution in [1.29, 1.82) is 0 Å². The highest BCUT2D eigenvalue weighted by atomic mass is 32.2. The van der Waals surface area contributed by atoms with Gasteiger partial charge < -0.3 is 4.57 Å². The number of aryl methyl sites for hydroxylation is 1. The predicted octanol–water partition coefficient (Wildman–Crippen LogP) is 3.19. The normalized spacial score (nSPS) is 12.2. The molecule has 28 heavy (non-hydrogen) atoms. The number of thiazole rings is 1. The average molecular weight is 413 g/mol. The monoisotopic (exact) mass is 412 g/mol. The van der Waals surface area contributed by atoms with Crippen molar-refractivity contribution in [2.75, 3.05) is 5.75 Å². The molecule has 1 amide bonds. The molecule has 0 radical (unpaired) electrons. The Hall–Kier alpha value is -2.69. The van der Waals surface area contributed by atoms with Crippen LogP contribution in [0.5, 0.6) is 0 Å². The minimum atomic E-state index is -3.52. The Bertz CT molecular complexity index is 1210. The SMILES string of the molecule is C#CCn1c(=NC(=O)CCS(=O)(=O)c2ccccc2)sc2cc(CC)ccc21. The zero-order valence-corrected chi connectivity index (χ0v) is 17.1. The van der Waals surface area contributed by atoms with Crippen LogP contribution in [0.4, 0.5) is 0 Å². The van der Waals surface area contributed by atoms with E-state index in [9.17, 15) is 13.2 Å². The largest absolute Gasteiger partial charge is 0.305 e. The molecule has 1 aromatic heterocycles. The summed E-state index contributed by atoms with van der Waals surface area (Å²) in [4.78, 5) is 17.2. The van der Waals surface area contributed by atoms with Crippen molar-refractivity contribution in [3.8, 4) is 12.3 Å². The fourth-order valence-electron chi connectivity index (χ4n) is 2.80. The molecular weight excluding hydrogens is 392 g/mol. The summed E-state index contributed by atoms with van der Waals surface area (Å²) in [6, 6.07) is 14.2. The summed E-state index contributed by atoms with van der Waals surface area (Å²) in [6.07, 6.45) is 6.20. The Kier molecular flexibility index (Phi) is 6.12. The summed E-state index contributed by atoms with van der Waals surface area (Å²) in [6.45, 7) is 2.37. The van der Waals surface area contributed by atoms with Gasteiger partial charge in [-0.2, -0.15) is 4.99 Å². The van der Waals surface area contributed by atoms with E-state index in [4.69, 9.17) is 6.42 Å². The zero-order valence-electron chi connectivity index (χ0n) is 15.5. The van der Waals surface area contributed by atoms with Crippen LogP contribution in [-0.4, -0.2) is 24.6 Å². The van der Waals surface area contributed by atoms with E-state index in [1.807, 2.05) is 16.7 Å². The van der Waals surface area contributed by atoms with Gasteiger partial charge in [0.15, 0.2) is 14.6 Å². The number of sulfone groups is 1. The van der Waals surface area contributed by atoms with Crippen molar-refractivity contribution < 1.29 is 13.2 Å². The van der Waals surface area contributed by atoms with Crippen LogP contribution in [0.1, 0.15) is 18.9 Å². The summed E-state index contributed by atoms with van der Waals surface area (Å²) < 4.78 is 27.5. The Morgan fingerprint density at radius 3 is 2.64 bits per heavy atom. The molecular formula is C21H20N2O3S2. The van der Waals surface area contributed by atoms with Crippen LogP contribution < -0.4 is 4.80 Å². The fourth-order valence-corrected chi connectivity index (χ4v) is 5.16. The van der Waals surface area contributed by atoms with Gasteiger partial charge in [-0.1, -0.05) is 48.4 Å². The first-order chi connectivity index (χ1) is 13.4. The average Bonchev–Trinajstić information content (AvgIpc) is 3.03. The van der Waals surface area contributed by atoms with Gasteiger partial charge in [0.25, 0.3) is 0 Å². The van der Waals surface area contributed by atoms with E-state index in [-0.39, 0.29) is 17.1 Å². The molecule has 7 heteroatoms. The lowest BCUT2D eigenvalue weighted by molar-refractivity contribution is -0.117. The molecule has 0 spiro atoms. The first kappa shape index (κ1) is 20.1. The molecule has 0 saturated carbocycles. The maximum atomic E-state index is 12.4. The number of hydrogen-bond donors (Lipinski definition) is 0. The molecule has 0 bridgehead atoms. The number of terminal acetylenes is 1. The van der Waals surface area contributed by atoms with Gasteiger partial charge in [-0.15, -0.1) is 6.42 Å². The molecule has 0 fully saturated rings. The predicted molar refractivity (Wildman–Crippen MR) is 112 cm³/mol. The van der Waals surface area contributed by atoms with Crippen LogP contribution in [0, 0.1) is 12.3 Å². The third-order valence-corrected chi connectivity index (χ3v) is 7.09. The van der Waals surface area contributed by atoms with Crippen molar-refractivity contribution >= 4 is 37.3 Å². The van der Waals surface area contributed by atoms with Gasteiger partial charge >= 0.3 is 0 Å². The highest BCUT2D eigenvalue weighted by molar-refractivity contribution is 7.91. The third kappa shape index (κ3) is 4.41. The number of benzene rings is 2. The number of fused-ring (bicyclic) bond motifs is 1. The van der Waals surface area contributed by atoms with Crippen LogP contribution >= 0.6 is 11.3 Å². The lowest BCUT2D eigenvalue weighted by atomic mass is 10.2. The summed E-state index contributed by atoms with van der Waals surface area (Å²) in [5, 5.41) is 0. The highest BCUT2D eigenvalue weighted by Crippen LogP contribution is 2.19. The van der Waals surface area contributed by atoms with Crippen LogP contribution in [0.2, 0.25) is 0 Å². The zero-order chi connectivity index (χ0) is 20.1. The van der Waals surface area contributed by atoms with Gasteiger partial charge in [0.1, 0.15) is 0 Å². The number of rotatable bonds is 6. The van der Waals surface area contributed by atoms with Crippen molar-refractivity contribution in [1.82, 2.24) is 4.57 Å². The topological polar surface area (TPSA) is 68.5 Å². The van der Waals surface area contributed by atoms with Gasteiger partial charge in [-0.25, -0.2) is 8.42 Å². The minimum Gasteiger partial charge on any atom is -0.305 e. The second kappa shape index (κ2) is 8.55. The maximum Gasteiger partial charge on any atom is 0.249 e. The summed E-state index contributed by atoms with van der Waals surface area (Å²) in [7, 11) is -3.52. The number of carbonyl (C=O) groups excluding carboxylic acids is 1. The number of nitrogens with zero attached hydrogens (tertiary/aromatic N) is 2. The second-order valence-corrected chi connectivity index (χ2v) is 9.34. The Labute approximate surface area is 168 Å². The van der Waals surface area contributed by atoms with Gasteiger partial charge in [-0.05, 0) is 36.2 Å². The molecule has 2 aromatic carbocycles. The Morgan fingerprint density at radius 1 is 1.21 bits per heavy atom. The second-order valence-electron chi connectivity index (χ2n) is 6.22. The van der Waals surface area contributed by atoms with Crippen molar-refractivity contribution in [2.45, 2.75) is 31.2 Å². The fraction of sp³-hybridized carbons (Fsp3) is 0.238. The number of hydrogen-bond acceptors (Lipinski definition) is 4. The lowest BCUT2D eigenvalue weighted by Crippen LogP contribution is -2.18. The number of aromatic nitrogens is 1. The number of amides is 1. The van der Waals surface area contributed by atoms with E-state index in [2.05, 4.69) is 23.9 Å². The molecule has 3 rings (SSSR count). The van der Waals surface area contributed by atoms with Gasteiger partial charge in [0.05, 0.1) is 27.4 Å². The van der Waals surface area contributed by atoms with Crippen LogP contribution in [0.3, 0.4) is 0 Å². The highest BCUT2D eigenvalue weighted by Gasteiger charge is 2.16. The summed E-state index contributed by atoms with van der Waals surface area (Å²) in [5.41, 5.74) is 2.11. The van der Waals surface area contributed by atoms with Crippen LogP contribution in [0.15, 0.2) is 58.4 Å². The molecule has 0 saturated heterocycles. The van der Waals surface area contributed by atoms with Gasteiger partial charge in [0.2, 0.25) is 5.91 Å². The Morgan fingerprint density at radius 2 is 1.96 bits per heavy atom. The lowest BCUT2D eigenvalue weighted by Gasteiger charge is -2.02. The maximum absolute atomic E-state index is 12.4. The molecule has 0 atom stereocenters. The standard InChI is InChI=1S/C21H20N2O3S2/c1-3-13-23-18-11-10-16(4-2)15-19(18)27-21(23)22-20(24)12-14-28(25,26)17-8-6-5-7-9-17/h1,5-11,15H,4,12-14H2,2H3. The molecule has 0 aliphatic heterocycles. The van der Waals surface area contributed by atoms with Gasteiger partial charge in [0, 0.05) is 6.42 Å². The first-order valence-corrected chi connectivity index (χ1v) is 11.3. The minimum absolute atomic E-state index is 0.179. The number of carbonyl (C=O) groups is 1. The first-order valence-electron chi connectivity index (χ1n) is 8.85. The van der Waals surface area contributed by atoms with Crippen molar-refractivity contribution in [2.24, 2.45) is 4.99 Å². The van der Waals surface area contributed by atoms with E-state index < -0.39 is 15.7 Å². The summed E-state index contributed by atoms with van der Waals surface area (Å²) in [5.74, 6) is 1.83. The molecule has 1 heterocycles. The molecule has 0 aliphatic carbocycles. The van der Waals surface area contributed by atoms with E-state index in [0.717, 1.165) is 16.6 Å².